The van der Waals surface area contributed by atoms with Crippen LogP contribution in [0.3, 0.4) is 0 Å². The molecule has 2 aromatic carbocycles. The highest BCUT2D eigenvalue weighted by Gasteiger charge is 2.13. The molecule has 0 aliphatic rings. The minimum Gasteiger partial charge on any atom is -0.494 e. The van der Waals surface area contributed by atoms with Crippen molar-refractivity contribution in [1.29, 1.82) is 0 Å². The lowest BCUT2D eigenvalue weighted by Crippen LogP contribution is -2.18. The van der Waals surface area contributed by atoms with E-state index < -0.39 is 0 Å². The van der Waals surface area contributed by atoms with Gasteiger partial charge in [-0.05, 0) is 38.4 Å². The first kappa shape index (κ1) is 14.6. The van der Waals surface area contributed by atoms with Crippen LogP contribution in [0.4, 0.5) is 0 Å². The number of aryl methyl sites for hydroxylation is 1. The number of hydrogen-bond donors (Lipinski definition) is 1. The molecule has 0 radical (unpaired) electrons. The normalized spacial score (nSPS) is 12.1. The number of hydrogen-bond acceptors (Lipinski definition) is 2. The molecule has 0 heterocycles. The van der Waals surface area contributed by atoms with Crippen LogP contribution in [-0.4, -0.2) is 13.7 Å². The minimum atomic E-state index is 0.318. The van der Waals surface area contributed by atoms with E-state index in [2.05, 4.69) is 47.8 Å². The maximum atomic E-state index is 5.73. The van der Waals surface area contributed by atoms with E-state index in [4.69, 9.17) is 4.74 Å². The summed E-state index contributed by atoms with van der Waals surface area (Å²) in [7, 11) is 2.01. The molecular weight excluding hydrogens is 246 g/mol. The van der Waals surface area contributed by atoms with Crippen LogP contribution < -0.4 is 10.1 Å². The second-order valence-corrected chi connectivity index (χ2v) is 4.84. The summed E-state index contributed by atoms with van der Waals surface area (Å²) in [5.41, 5.74) is 2.62. The Balaban J connectivity index is 2.08. The molecule has 2 heteroatoms. The predicted molar refractivity (Wildman–Crippen MR) is 84.2 cm³/mol. The van der Waals surface area contributed by atoms with Crippen LogP contribution >= 0.6 is 0 Å². The second-order valence-electron chi connectivity index (χ2n) is 4.84. The lowest BCUT2D eigenvalue weighted by Gasteiger charge is -2.20. The summed E-state index contributed by atoms with van der Waals surface area (Å²) in [6, 6.07) is 19.2. The topological polar surface area (TPSA) is 21.3 Å². The standard InChI is InChI=1S/C18H23NO/c1-3-20-18-12-8-7-11-16(18)17(19-2)14-13-15-9-5-4-6-10-15/h4-12,17,19H,3,13-14H2,1-2H3. The van der Waals surface area contributed by atoms with Crippen molar-refractivity contribution in [3.63, 3.8) is 0 Å². The van der Waals surface area contributed by atoms with Gasteiger partial charge in [-0.2, -0.15) is 0 Å². The number of ether oxygens (including phenoxy) is 1. The highest BCUT2D eigenvalue weighted by molar-refractivity contribution is 5.36. The molecule has 0 bridgehead atoms. The van der Waals surface area contributed by atoms with Gasteiger partial charge in [0.15, 0.2) is 0 Å². The van der Waals surface area contributed by atoms with Gasteiger partial charge >= 0.3 is 0 Å². The largest absolute Gasteiger partial charge is 0.494 e. The van der Waals surface area contributed by atoms with Crippen LogP contribution in [0.15, 0.2) is 54.6 Å². The van der Waals surface area contributed by atoms with E-state index >= 15 is 0 Å². The molecule has 0 aliphatic heterocycles. The third-order valence-corrected chi connectivity index (χ3v) is 3.51. The molecule has 2 nitrogen and oxygen atoms in total. The van der Waals surface area contributed by atoms with Crippen molar-refractivity contribution in [2.75, 3.05) is 13.7 Å². The summed E-state index contributed by atoms with van der Waals surface area (Å²) in [4.78, 5) is 0. The molecule has 1 N–H and O–H groups in total. The zero-order valence-electron chi connectivity index (χ0n) is 12.3. The van der Waals surface area contributed by atoms with Crippen molar-refractivity contribution in [2.45, 2.75) is 25.8 Å². The van der Waals surface area contributed by atoms with E-state index in [0.29, 0.717) is 12.6 Å². The van der Waals surface area contributed by atoms with Crippen LogP contribution in [0.25, 0.3) is 0 Å². The average molecular weight is 269 g/mol. The molecule has 0 fully saturated rings. The highest BCUT2D eigenvalue weighted by Crippen LogP contribution is 2.28. The lowest BCUT2D eigenvalue weighted by atomic mass is 9.98. The van der Waals surface area contributed by atoms with E-state index in [0.717, 1.165) is 18.6 Å². The van der Waals surface area contributed by atoms with Gasteiger partial charge < -0.3 is 10.1 Å². The molecule has 0 aliphatic carbocycles. The third-order valence-electron chi connectivity index (χ3n) is 3.51. The van der Waals surface area contributed by atoms with Gasteiger partial charge in [0.1, 0.15) is 5.75 Å². The minimum absolute atomic E-state index is 0.318. The third kappa shape index (κ3) is 3.84. The van der Waals surface area contributed by atoms with Gasteiger partial charge in [0.05, 0.1) is 6.61 Å². The smallest absolute Gasteiger partial charge is 0.124 e. The van der Waals surface area contributed by atoms with Crippen molar-refractivity contribution >= 4 is 0 Å². The lowest BCUT2D eigenvalue weighted by molar-refractivity contribution is 0.331. The zero-order chi connectivity index (χ0) is 14.2. The van der Waals surface area contributed by atoms with Gasteiger partial charge in [0.25, 0.3) is 0 Å². The first-order chi connectivity index (χ1) is 9.85. The maximum absolute atomic E-state index is 5.73. The molecule has 0 saturated carbocycles. The molecule has 0 amide bonds. The number of rotatable bonds is 7. The SMILES string of the molecule is CCOc1ccccc1C(CCc1ccccc1)NC. The van der Waals surface area contributed by atoms with Gasteiger partial charge in [0.2, 0.25) is 0 Å². The summed E-state index contributed by atoms with van der Waals surface area (Å²) >= 11 is 0. The van der Waals surface area contributed by atoms with Crippen LogP contribution in [0.1, 0.15) is 30.5 Å². The molecule has 106 valence electrons. The molecule has 1 atom stereocenters. The molecule has 1 unspecified atom stereocenters. The monoisotopic (exact) mass is 269 g/mol. The Kier molecular flexibility index (Phi) is 5.63. The van der Waals surface area contributed by atoms with Crippen LogP contribution in [0, 0.1) is 0 Å². The van der Waals surface area contributed by atoms with Crippen LogP contribution in [-0.2, 0) is 6.42 Å². The first-order valence-corrected chi connectivity index (χ1v) is 7.28. The summed E-state index contributed by atoms with van der Waals surface area (Å²) in [6.07, 6.45) is 2.12. The Morgan fingerprint density at radius 1 is 1.00 bits per heavy atom. The van der Waals surface area contributed by atoms with Gasteiger partial charge in [-0.1, -0.05) is 48.5 Å². The Morgan fingerprint density at radius 2 is 1.70 bits per heavy atom. The predicted octanol–water partition coefficient (Wildman–Crippen LogP) is 3.98. The fourth-order valence-corrected chi connectivity index (χ4v) is 2.47. The molecule has 0 spiro atoms. The van der Waals surface area contributed by atoms with Crippen molar-refractivity contribution in [1.82, 2.24) is 5.32 Å². The van der Waals surface area contributed by atoms with Crippen molar-refractivity contribution in [2.24, 2.45) is 0 Å². The number of benzene rings is 2. The fraction of sp³-hybridized carbons (Fsp3) is 0.333. The zero-order valence-corrected chi connectivity index (χ0v) is 12.3. The maximum Gasteiger partial charge on any atom is 0.124 e. The van der Waals surface area contributed by atoms with E-state index in [1.165, 1.54) is 11.1 Å². The van der Waals surface area contributed by atoms with Gasteiger partial charge in [0, 0.05) is 11.6 Å². The molecule has 2 aromatic rings. The molecular formula is C18H23NO. The van der Waals surface area contributed by atoms with E-state index in [-0.39, 0.29) is 0 Å². The summed E-state index contributed by atoms with van der Waals surface area (Å²) in [6.45, 7) is 2.72. The van der Waals surface area contributed by atoms with Crippen LogP contribution in [0.2, 0.25) is 0 Å². The summed E-state index contributed by atoms with van der Waals surface area (Å²) < 4.78 is 5.73. The number of nitrogens with one attached hydrogen (secondary N) is 1. The highest BCUT2D eigenvalue weighted by atomic mass is 16.5. The van der Waals surface area contributed by atoms with E-state index in [1.807, 2.05) is 26.1 Å². The molecule has 0 saturated heterocycles. The number of para-hydroxylation sites is 1. The van der Waals surface area contributed by atoms with Crippen LogP contribution in [0.5, 0.6) is 5.75 Å². The van der Waals surface area contributed by atoms with Gasteiger partial charge in [-0.3, -0.25) is 0 Å². The van der Waals surface area contributed by atoms with E-state index in [1.54, 1.807) is 0 Å². The van der Waals surface area contributed by atoms with E-state index in [9.17, 15) is 0 Å². The van der Waals surface area contributed by atoms with Crippen molar-refractivity contribution in [3.8, 4) is 5.75 Å². The Morgan fingerprint density at radius 3 is 2.40 bits per heavy atom. The summed E-state index contributed by atoms with van der Waals surface area (Å²) in [5, 5.41) is 3.41. The fourth-order valence-electron chi connectivity index (χ4n) is 2.47. The average Bonchev–Trinajstić information content (AvgIpc) is 2.51. The molecule has 20 heavy (non-hydrogen) atoms. The van der Waals surface area contributed by atoms with Gasteiger partial charge in [-0.15, -0.1) is 0 Å². The van der Waals surface area contributed by atoms with Gasteiger partial charge in [-0.25, -0.2) is 0 Å². The Bertz CT molecular complexity index is 510. The van der Waals surface area contributed by atoms with Crippen molar-refractivity contribution < 1.29 is 4.74 Å². The van der Waals surface area contributed by atoms with Crippen molar-refractivity contribution in [3.05, 3.63) is 65.7 Å². The Labute approximate surface area is 121 Å². The molecule has 2 rings (SSSR count). The Hall–Kier alpha value is -1.80. The summed E-state index contributed by atoms with van der Waals surface area (Å²) in [5.74, 6) is 0.988. The molecule has 0 aromatic heterocycles. The first-order valence-electron chi connectivity index (χ1n) is 7.28. The quantitative estimate of drug-likeness (QED) is 0.821. The second kappa shape index (κ2) is 7.71.